The van der Waals surface area contributed by atoms with E-state index < -0.39 is 5.82 Å². The summed E-state index contributed by atoms with van der Waals surface area (Å²) in [5, 5.41) is 0. The van der Waals surface area contributed by atoms with Crippen molar-refractivity contribution in [3.63, 3.8) is 0 Å². The molecule has 20 heavy (non-hydrogen) atoms. The number of hydrogen-bond donors (Lipinski definition) is 1. The second-order valence-electron chi connectivity index (χ2n) is 5.80. The molecule has 0 aliphatic heterocycles. The Bertz CT molecular complexity index is 652. The molecule has 3 atom stereocenters. The number of nitrogens with zero attached hydrogens (tertiary/aromatic N) is 2. The molecule has 0 radical (unpaired) electrons. The lowest BCUT2D eigenvalue weighted by molar-refractivity contribution is 0.360. The van der Waals surface area contributed by atoms with E-state index in [2.05, 4.69) is 18.8 Å². The molecule has 1 heterocycles. The van der Waals surface area contributed by atoms with Crippen molar-refractivity contribution in [1.29, 1.82) is 0 Å². The van der Waals surface area contributed by atoms with E-state index in [1.54, 1.807) is 6.07 Å². The molecular weight excluding hydrogens is 257 g/mol. The third kappa shape index (κ3) is 1.84. The van der Waals surface area contributed by atoms with Crippen LogP contribution in [0.1, 0.15) is 32.7 Å². The molecule has 2 aromatic rings. The van der Waals surface area contributed by atoms with Gasteiger partial charge in [0.05, 0.1) is 18.1 Å². The Morgan fingerprint density at radius 2 is 2.10 bits per heavy atom. The number of aromatic nitrogens is 2. The Balaban J connectivity index is 2.17. The van der Waals surface area contributed by atoms with Crippen molar-refractivity contribution in [3.8, 4) is 5.75 Å². The second kappa shape index (κ2) is 4.65. The highest BCUT2D eigenvalue weighted by atomic mass is 19.1. The number of hydrogen-bond acceptors (Lipinski definition) is 3. The third-order valence-electron chi connectivity index (χ3n) is 4.74. The number of nitrogens with two attached hydrogens (primary N) is 1. The molecule has 1 aliphatic carbocycles. The Morgan fingerprint density at radius 1 is 1.35 bits per heavy atom. The molecule has 1 aromatic carbocycles. The van der Waals surface area contributed by atoms with Gasteiger partial charge in [-0.05, 0) is 24.7 Å². The number of anilines is 1. The van der Waals surface area contributed by atoms with E-state index in [0.29, 0.717) is 29.3 Å². The molecular formula is C15H20FN3O. The topological polar surface area (TPSA) is 53.1 Å². The lowest BCUT2D eigenvalue weighted by atomic mass is 9.97. The van der Waals surface area contributed by atoms with Gasteiger partial charge in [-0.2, -0.15) is 0 Å². The van der Waals surface area contributed by atoms with Crippen LogP contribution in [-0.2, 0) is 0 Å². The number of fused-ring (bicyclic) bond motifs is 1. The molecule has 3 unspecified atom stereocenters. The number of rotatable bonds is 2. The van der Waals surface area contributed by atoms with Crippen LogP contribution in [0.3, 0.4) is 0 Å². The number of nitrogen functional groups attached to an aromatic ring is 1. The quantitative estimate of drug-likeness (QED) is 0.915. The first-order chi connectivity index (χ1) is 9.52. The maximum absolute atomic E-state index is 13.8. The third-order valence-corrected chi connectivity index (χ3v) is 4.74. The highest BCUT2D eigenvalue weighted by molar-refractivity contribution is 5.80. The van der Waals surface area contributed by atoms with Gasteiger partial charge >= 0.3 is 0 Å². The smallest absolute Gasteiger partial charge is 0.201 e. The minimum Gasteiger partial charge on any atom is -0.494 e. The van der Waals surface area contributed by atoms with Crippen LogP contribution in [0.4, 0.5) is 10.3 Å². The van der Waals surface area contributed by atoms with E-state index in [1.165, 1.54) is 19.6 Å². The summed E-state index contributed by atoms with van der Waals surface area (Å²) in [5.74, 6) is 1.48. The Hall–Kier alpha value is -1.78. The Morgan fingerprint density at radius 3 is 2.70 bits per heavy atom. The number of benzene rings is 1. The highest BCUT2D eigenvalue weighted by Crippen LogP contribution is 2.43. The van der Waals surface area contributed by atoms with Crippen LogP contribution < -0.4 is 10.5 Å². The van der Waals surface area contributed by atoms with Crippen LogP contribution >= 0.6 is 0 Å². The van der Waals surface area contributed by atoms with Gasteiger partial charge in [-0.3, -0.25) is 0 Å². The fourth-order valence-electron chi connectivity index (χ4n) is 3.32. The standard InChI is InChI=1S/C15H20FN3O/c1-8-4-5-12(9(8)2)19-13-7-14(20-3)10(16)6-11(13)18-15(19)17/h6-9,12H,4-5H2,1-3H3,(H2,17,18). The summed E-state index contributed by atoms with van der Waals surface area (Å²) in [6.07, 6.45) is 2.26. The molecule has 0 spiro atoms. The molecule has 1 aromatic heterocycles. The minimum atomic E-state index is -0.405. The van der Waals surface area contributed by atoms with Crippen molar-refractivity contribution in [2.75, 3.05) is 12.8 Å². The summed E-state index contributed by atoms with van der Waals surface area (Å²) in [6.45, 7) is 4.51. The van der Waals surface area contributed by atoms with Gasteiger partial charge in [-0.15, -0.1) is 0 Å². The highest BCUT2D eigenvalue weighted by Gasteiger charge is 2.33. The molecule has 4 nitrogen and oxygen atoms in total. The van der Waals surface area contributed by atoms with Crippen molar-refractivity contribution >= 4 is 17.0 Å². The van der Waals surface area contributed by atoms with Gasteiger partial charge in [0.15, 0.2) is 11.6 Å². The van der Waals surface area contributed by atoms with E-state index in [1.807, 2.05) is 4.57 Å². The van der Waals surface area contributed by atoms with Crippen LogP contribution in [0.25, 0.3) is 11.0 Å². The molecule has 0 saturated heterocycles. The number of halogens is 1. The molecule has 3 rings (SSSR count). The summed E-state index contributed by atoms with van der Waals surface area (Å²) in [5.41, 5.74) is 7.51. The maximum Gasteiger partial charge on any atom is 0.201 e. The molecule has 0 bridgehead atoms. The van der Waals surface area contributed by atoms with Crippen LogP contribution in [0.2, 0.25) is 0 Å². The van der Waals surface area contributed by atoms with Crippen LogP contribution in [0, 0.1) is 17.7 Å². The second-order valence-corrected chi connectivity index (χ2v) is 5.80. The predicted octanol–water partition coefficient (Wildman–Crippen LogP) is 3.37. The SMILES string of the molecule is COc1cc2c(cc1F)nc(N)n2C1CCC(C)C1C. The largest absolute Gasteiger partial charge is 0.494 e. The fourth-order valence-corrected chi connectivity index (χ4v) is 3.32. The van der Waals surface area contributed by atoms with Crippen molar-refractivity contribution in [2.24, 2.45) is 11.8 Å². The minimum absolute atomic E-state index is 0.234. The first kappa shape index (κ1) is 13.2. The van der Waals surface area contributed by atoms with Gasteiger partial charge < -0.3 is 15.0 Å². The van der Waals surface area contributed by atoms with Gasteiger partial charge in [0.2, 0.25) is 5.95 Å². The van der Waals surface area contributed by atoms with E-state index in [-0.39, 0.29) is 5.75 Å². The van der Waals surface area contributed by atoms with E-state index in [0.717, 1.165) is 11.9 Å². The molecule has 1 saturated carbocycles. The first-order valence-corrected chi connectivity index (χ1v) is 7.04. The molecule has 5 heteroatoms. The van der Waals surface area contributed by atoms with Crippen molar-refractivity contribution < 1.29 is 9.13 Å². The predicted molar refractivity (Wildman–Crippen MR) is 77.3 cm³/mol. The molecule has 1 aliphatic rings. The van der Waals surface area contributed by atoms with Crippen molar-refractivity contribution in [3.05, 3.63) is 17.9 Å². The van der Waals surface area contributed by atoms with Gasteiger partial charge in [0, 0.05) is 18.2 Å². The normalized spacial score (nSPS) is 26.3. The zero-order chi connectivity index (χ0) is 14.4. The maximum atomic E-state index is 13.8. The summed E-state index contributed by atoms with van der Waals surface area (Å²) >= 11 is 0. The summed E-state index contributed by atoms with van der Waals surface area (Å²) in [6, 6.07) is 3.42. The van der Waals surface area contributed by atoms with Crippen LogP contribution in [-0.4, -0.2) is 16.7 Å². The Labute approximate surface area is 117 Å². The summed E-state index contributed by atoms with van der Waals surface area (Å²) in [7, 11) is 1.47. The average molecular weight is 277 g/mol. The Kier molecular flexibility index (Phi) is 3.07. The van der Waals surface area contributed by atoms with Gasteiger partial charge in [-0.1, -0.05) is 13.8 Å². The molecule has 1 fully saturated rings. The van der Waals surface area contributed by atoms with Crippen molar-refractivity contribution in [1.82, 2.24) is 9.55 Å². The number of ether oxygens (including phenoxy) is 1. The average Bonchev–Trinajstić information content (AvgIpc) is 2.89. The number of methoxy groups -OCH3 is 1. The molecule has 108 valence electrons. The van der Waals surface area contributed by atoms with E-state index >= 15 is 0 Å². The van der Waals surface area contributed by atoms with Crippen molar-refractivity contribution in [2.45, 2.75) is 32.7 Å². The van der Waals surface area contributed by atoms with Crippen LogP contribution in [0.15, 0.2) is 12.1 Å². The van der Waals surface area contributed by atoms with Gasteiger partial charge in [0.1, 0.15) is 0 Å². The lowest BCUT2D eigenvalue weighted by Crippen LogP contribution is -2.16. The monoisotopic (exact) mass is 277 g/mol. The summed E-state index contributed by atoms with van der Waals surface area (Å²) in [4.78, 5) is 4.30. The zero-order valence-corrected chi connectivity index (χ0v) is 12.1. The van der Waals surface area contributed by atoms with Crippen LogP contribution in [0.5, 0.6) is 5.75 Å². The lowest BCUT2D eigenvalue weighted by Gasteiger charge is -2.21. The van der Waals surface area contributed by atoms with E-state index in [4.69, 9.17) is 10.5 Å². The zero-order valence-electron chi connectivity index (χ0n) is 12.1. The number of imidazole rings is 1. The summed E-state index contributed by atoms with van der Waals surface area (Å²) < 4.78 is 20.9. The first-order valence-electron chi connectivity index (χ1n) is 7.04. The molecule has 2 N–H and O–H groups in total. The van der Waals surface area contributed by atoms with Gasteiger partial charge in [-0.25, -0.2) is 9.37 Å². The molecule has 0 amide bonds. The van der Waals surface area contributed by atoms with E-state index in [9.17, 15) is 4.39 Å². The fraction of sp³-hybridized carbons (Fsp3) is 0.533. The van der Waals surface area contributed by atoms with Gasteiger partial charge in [0.25, 0.3) is 0 Å².